The van der Waals surface area contributed by atoms with E-state index >= 15 is 0 Å². The Balaban J connectivity index is 2.00. The highest BCUT2D eigenvalue weighted by atomic mass is 32.1. The van der Waals surface area contributed by atoms with Gasteiger partial charge in [0.15, 0.2) is 0 Å². The number of hydrogen-bond donors (Lipinski definition) is 1. The van der Waals surface area contributed by atoms with Crippen molar-refractivity contribution in [2.24, 2.45) is 0 Å². The Kier molecular flexibility index (Phi) is 2.03. The number of rotatable bonds is 2. The van der Waals surface area contributed by atoms with Crippen LogP contribution in [0.2, 0.25) is 0 Å². The standard InChI is InChI=1S/C9H8N6S/c10-9-13-12-8(16-9)5-15-7-4-2-1-3-6(7)11-14-15/h1-4H,5H2,(H2,10,13). The van der Waals surface area contributed by atoms with Crippen LogP contribution in [0, 0.1) is 0 Å². The molecule has 80 valence electrons. The van der Waals surface area contributed by atoms with E-state index in [-0.39, 0.29) is 0 Å². The van der Waals surface area contributed by atoms with Gasteiger partial charge in [0.25, 0.3) is 0 Å². The second-order valence-corrected chi connectivity index (χ2v) is 4.36. The molecule has 2 aromatic heterocycles. The van der Waals surface area contributed by atoms with Crippen molar-refractivity contribution in [3.05, 3.63) is 29.3 Å². The van der Waals surface area contributed by atoms with Crippen LogP contribution in [-0.4, -0.2) is 25.2 Å². The smallest absolute Gasteiger partial charge is 0.203 e. The van der Waals surface area contributed by atoms with Crippen LogP contribution in [0.3, 0.4) is 0 Å². The highest BCUT2D eigenvalue weighted by molar-refractivity contribution is 7.15. The number of nitrogen functional groups attached to an aromatic ring is 1. The molecule has 0 bridgehead atoms. The summed E-state index contributed by atoms with van der Waals surface area (Å²) in [5.41, 5.74) is 7.38. The maximum Gasteiger partial charge on any atom is 0.203 e. The van der Waals surface area contributed by atoms with E-state index < -0.39 is 0 Å². The molecule has 6 nitrogen and oxygen atoms in total. The van der Waals surface area contributed by atoms with Gasteiger partial charge in [-0.3, -0.25) is 0 Å². The van der Waals surface area contributed by atoms with Crippen molar-refractivity contribution in [2.45, 2.75) is 6.54 Å². The van der Waals surface area contributed by atoms with Crippen molar-refractivity contribution in [1.82, 2.24) is 25.2 Å². The molecule has 0 saturated carbocycles. The van der Waals surface area contributed by atoms with Gasteiger partial charge in [0.05, 0.1) is 12.1 Å². The topological polar surface area (TPSA) is 82.5 Å². The van der Waals surface area contributed by atoms with E-state index in [1.165, 1.54) is 11.3 Å². The van der Waals surface area contributed by atoms with Gasteiger partial charge in [-0.2, -0.15) is 0 Å². The van der Waals surface area contributed by atoms with E-state index in [2.05, 4.69) is 20.5 Å². The highest BCUT2D eigenvalue weighted by Gasteiger charge is 2.07. The van der Waals surface area contributed by atoms with Gasteiger partial charge >= 0.3 is 0 Å². The van der Waals surface area contributed by atoms with E-state index in [1.54, 1.807) is 4.68 Å². The van der Waals surface area contributed by atoms with Crippen LogP contribution in [0.5, 0.6) is 0 Å². The van der Waals surface area contributed by atoms with Crippen molar-refractivity contribution in [3.63, 3.8) is 0 Å². The van der Waals surface area contributed by atoms with Crippen LogP contribution in [0.4, 0.5) is 5.13 Å². The van der Waals surface area contributed by atoms with Crippen LogP contribution >= 0.6 is 11.3 Å². The zero-order chi connectivity index (χ0) is 11.0. The fourth-order valence-electron chi connectivity index (χ4n) is 1.49. The number of hydrogen-bond acceptors (Lipinski definition) is 6. The normalized spacial score (nSPS) is 11.0. The Morgan fingerprint density at radius 2 is 2.06 bits per heavy atom. The molecule has 7 heteroatoms. The quantitative estimate of drug-likeness (QED) is 0.710. The molecule has 0 fully saturated rings. The zero-order valence-corrected chi connectivity index (χ0v) is 9.05. The first-order valence-corrected chi connectivity index (χ1v) is 5.50. The van der Waals surface area contributed by atoms with Crippen molar-refractivity contribution in [3.8, 4) is 0 Å². The average Bonchev–Trinajstić information content (AvgIpc) is 2.87. The number of nitrogens with two attached hydrogens (primary N) is 1. The third-order valence-electron chi connectivity index (χ3n) is 2.19. The van der Waals surface area contributed by atoms with E-state index in [0.717, 1.165) is 16.0 Å². The Bertz CT molecular complexity index is 628. The van der Waals surface area contributed by atoms with Gasteiger partial charge in [-0.15, -0.1) is 15.3 Å². The number of benzene rings is 1. The Morgan fingerprint density at radius 1 is 1.19 bits per heavy atom. The van der Waals surface area contributed by atoms with Gasteiger partial charge in [0.2, 0.25) is 5.13 Å². The minimum atomic E-state index is 0.472. The van der Waals surface area contributed by atoms with Gasteiger partial charge in [-0.1, -0.05) is 28.7 Å². The molecule has 0 unspecified atom stereocenters. The average molecular weight is 232 g/mol. The van der Waals surface area contributed by atoms with Crippen molar-refractivity contribution >= 4 is 27.5 Å². The molecule has 16 heavy (non-hydrogen) atoms. The third-order valence-corrected chi connectivity index (χ3v) is 2.92. The molecular formula is C9H8N6S. The molecule has 0 aliphatic carbocycles. The molecule has 2 N–H and O–H groups in total. The summed E-state index contributed by atoms with van der Waals surface area (Å²) in [6.45, 7) is 0.551. The second kappa shape index (κ2) is 3.53. The molecule has 3 rings (SSSR count). The number of nitrogens with zero attached hydrogens (tertiary/aromatic N) is 5. The van der Waals surface area contributed by atoms with Gasteiger partial charge in [-0.05, 0) is 12.1 Å². The van der Waals surface area contributed by atoms with Gasteiger partial charge < -0.3 is 5.73 Å². The first-order valence-electron chi connectivity index (χ1n) is 4.69. The summed E-state index contributed by atoms with van der Waals surface area (Å²) in [5.74, 6) is 0. The number of para-hydroxylation sites is 1. The summed E-state index contributed by atoms with van der Waals surface area (Å²) in [7, 11) is 0. The molecule has 2 heterocycles. The largest absolute Gasteiger partial charge is 0.374 e. The van der Waals surface area contributed by atoms with Gasteiger partial charge in [-0.25, -0.2) is 4.68 Å². The minimum absolute atomic E-state index is 0.472. The summed E-state index contributed by atoms with van der Waals surface area (Å²) in [4.78, 5) is 0. The lowest BCUT2D eigenvalue weighted by Gasteiger charge is -1.96. The first-order chi connectivity index (χ1) is 7.83. The molecular weight excluding hydrogens is 224 g/mol. The fourth-order valence-corrected chi connectivity index (χ4v) is 2.08. The summed E-state index contributed by atoms with van der Waals surface area (Å²) in [6, 6.07) is 7.79. The maximum atomic E-state index is 5.52. The molecule has 0 amide bonds. The second-order valence-electron chi connectivity index (χ2n) is 3.27. The van der Waals surface area contributed by atoms with E-state index in [1.807, 2.05) is 24.3 Å². The molecule has 1 aromatic carbocycles. The summed E-state index contributed by atoms with van der Waals surface area (Å²) in [6.07, 6.45) is 0. The van der Waals surface area contributed by atoms with E-state index in [0.29, 0.717) is 11.7 Å². The Hall–Kier alpha value is -2.02. The Morgan fingerprint density at radius 3 is 2.88 bits per heavy atom. The Labute approximate surface area is 94.7 Å². The molecule has 0 aliphatic heterocycles. The SMILES string of the molecule is Nc1nnc(Cn2nnc3ccccc32)s1. The van der Waals surface area contributed by atoms with E-state index in [4.69, 9.17) is 5.73 Å². The predicted octanol–water partition coefficient (Wildman–Crippen LogP) is 0.913. The molecule has 0 atom stereocenters. The predicted molar refractivity (Wildman–Crippen MR) is 61.0 cm³/mol. The summed E-state index contributed by atoms with van der Waals surface area (Å²) < 4.78 is 1.79. The fraction of sp³-hybridized carbons (Fsp3) is 0.111. The number of fused-ring (bicyclic) bond motifs is 1. The van der Waals surface area contributed by atoms with Crippen molar-refractivity contribution < 1.29 is 0 Å². The lowest BCUT2D eigenvalue weighted by molar-refractivity contribution is 0.662. The molecule has 0 aliphatic rings. The molecule has 0 saturated heterocycles. The van der Waals surface area contributed by atoms with Crippen molar-refractivity contribution in [1.29, 1.82) is 0 Å². The van der Waals surface area contributed by atoms with Crippen LogP contribution in [0.1, 0.15) is 5.01 Å². The monoisotopic (exact) mass is 232 g/mol. The lowest BCUT2D eigenvalue weighted by atomic mass is 10.3. The summed E-state index contributed by atoms with van der Waals surface area (Å²) in [5, 5.41) is 17.1. The maximum absolute atomic E-state index is 5.52. The van der Waals surface area contributed by atoms with Crippen LogP contribution in [-0.2, 0) is 6.54 Å². The first kappa shape index (κ1) is 9.22. The molecule has 0 spiro atoms. The van der Waals surface area contributed by atoms with Crippen molar-refractivity contribution in [2.75, 3.05) is 5.73 Å². The number of anilines is 1. The minimum Gasteiger partial charge on any atom is -0.374 e. The summed E-state index contributed by atoms with van der Waals surface area (Å²) >= 11 is 1.36. The zero-order valence-electron chi connectivity index (χ0n) is 8.24. The third kappa shape index (κ3) is 1.50. The number of aromatic nitrogens is 5. The van der Waals surface area contributed by atoms with E-state index in [9.17, 15) is 0 Å². The highest BCUT2D eigenvalue weighted by Crippen LogP contribution is 2.15. The van der Waals surface area contributed by atoms with Crippen LogP contribution < -0.4 is 5.73 Å². The molecule has 0 radical (unpaired) electrons. The van der Waals surface area contributed by atoms with Crippen LogP contribution in [0.25, 0.3) is 11.0 Å². The van der Waals surface area contributed by atoms with Gasteiger partial charge in [0.1, 0.15) is 10.5 Å². The molecule has 3 aromatic rings. The van der Waals surface area contributed by atoms with Gasteiger partial charge in [0, 0.05) is 0 Å². The lowest BCUT2D eigenvalue weighted by Crippen LogP contribution is -2.01. The van der Waals surface area contributed by atoms with Crippen LogP contribution in [0.15, 0.2) is 24.3 Å².